The molecule has 8 nitrogen and oxygen atoms in total. The zero-order valence-corrected chi connectivity index (χ0v) is 29.5. The van der Waals surface area contributed by atoms with E-state index in [2.05, 4.69) is 76.5 Å². The first-order valence-corrected chi connectivity index (χ1v) is 20.0. The molecular weight excluding hydrogens is 603 g/mol. The van der Waals surface area contributed by atoms with E-state index in [1.54, 1.807) is 11.3 Å². The average molecular weight is 652 g/mol. The summed E-state index contributed by atoms with van der Waals surface area (Å²) in [5, 5.41) is 9.21. The molecule has 0 N–H and O–H groups in total. The zero-order valence-electron chi connectivity index (χ0n) is 27.7. The van der Waals surface area contributed by atoms with Gasteiger partial charge < -0.3 is 23.4 Å². The Balaban J connectivity index is 1.17. The van der Waals surface area contributed by atoms with Crippen LogP contribution in [0.1, 0.15) is 70.2 Å². The fourth-order valence-corrected chi connectivity index (χ4v) is 6.70. The average Bonchev–Trinajstić information content (AvgIpc) is 3.64. The lowest BCUT2D eigenvalue weighted by Gasteiger charge is -2.36. The maximum atomic E-state index is 6.68. The minimum atomic E-state index is -2.00. The Kier molecular flexibility index (Phi) is 11.5. The predicted molar refractivity (Wildman–Crippen MR) is 183 cm³/mol. The Morgan fingerprint density at radius 2 is 1.82 bits per heavy atom. The van der Waals surface area contributed by atoms with Crippen LogP contribution in [-0.4, -0.2) is 55.6 Å². The van der Waals surface area contributed by atoms with Gasteiger partial charge in [-0.1, -0.05) is 51.1 Å². The molecule has 1 aliphatic heterocycles. The fourth-order valence-electron chi connectivity index (χ4n) is 4.97. The Bertz CT molecular complexity index is 1490. The first-order chi connectivity index (χ1) is 21.6. The number of fused-ring (bicyclic) bond motifs is 1. The second kappa shape index (κ2) is 15.3. The largest absolute Gasteiger partial charge is 0.543 e. The molecular formula is C35H49N3O5SSi. The molecule has 4 aromatic rings. The molecule has 2 atom stereocenters. The van der Waals surface area contributed by atoms with Crippen molar-refractivity contribution >= 4 is 30.6 Å². The van der Waals surface area contributed by atoms with Gasteiger partial charge in [0.25, 0.3) is 0 Å². The van der Waals surface area contributed by atoms with E-state index in [0.717, 1.165) is 65.3 Å². The van der Waals surface area contributed by atoms with Crippen LogP contribution in [0.25, 0.3) is 22.3 Å². The molecule has 0 bridgehead atoms. The van der Waals surface area contributed by atoms with Crippen molar-refractivity contribution in [1.29, 1.82) is 0 Å². The van der Waals surface area contributed by atoms with Gasteiger partial charge in [0, 0.05) is 24.0 Å². The lowest BCUT2D eigenvalue weighted by atomic mass is 10.1. The first kappa shape index (κ1) is 33.8. The quantitative estimate of drug-likeness (QED) is 0.0939. The van der Waals surface area contributed by atoms with E-state index in [-0.39, 0.29) is 17.4 Å². The first-order valence-electron chi connectivity index (χ1n) is 16.2. The summed E-state index contributed by atoms with van der Waals surface area (Å²) in [5.74, 6) is 0.885. The number of hydrogen-bond donors (Lipinski definition) is 0. The molecule has 3 heterocycles. The van der Waals surface area contributed by atoms with E-state index in [4.69, 9.17) is 33.5 Å². The summed E-state index contributed by atoms with van der Waals surface area (Å²) in [6.45, 7) is 16.9. The van der Waals surface area contributed by atoms with Crippen molar-refractivity contribution in [1.82, 2.24) is 14.8 Å². The molecule has 2 aromatic heterocycles. The molecule has 0 amide bonds. The molecule has 0 saturated carbocycles. The van der Waals surface area contributed by atoms with E-state index in [1.807, 2.05) is 22.9 Å². The van der Waals surface area contributed by atoms with Crippen molar-refractivity contribution in [2.75, 3.05) is 26.4 Å². The normalized spacial score (nSPS) is 16.7. The van der Waals surface area contributed by atoms with Crippen LogP contribution in [0, 0.1) is 0 Å². The Hall–Kier alpha value is -2.60. The summed E-state index contributed by atoms with van der Waals surface area (Å²) in [6.07, 6.45) is 4.10. The predicted octanol–water partition coefficient (Wildman–Crippen LogP) is 8.77. The third-order valence-electron chi connectivity index (χ3n) is 8.72. The van der Waals surface area contributed by atoms with Crippen LogP contribution in [0.5, 0.6) is 5.75 Å². The molecule has 1 saturated heterocycles. The molecule has 0 aliphatic carbocycles. The third kappa shape index (κ3) is 9.02. The van der Waals surface area contributed by atoms with Crippen LogP contribution in [0.15, 0.2) is 53.9 Å². The number of hydrogen-bond acceptors (Lipinski definition) is 8. The van der Waals surface area contributed by atoms with Gasteiger partial charge in [-0.05, 0) is 74.5 Å². The molecule has 5 rings (SSSR count). The van der Waals surface area contributed by atoms with Crippen LogP contribution >= 0.6 is 11.3 Å². The van der Waals surface area contributed by atoms with Crippen molar-refractivity contribution in [2.24, 2.45) is 0 Å². The number of nitrogens with zero attached hydrogens (tertiary/aromatic N) is 3. The fraction of sp³-hybridized carbons (Fsp3) is 0.543. The van der Waals surface area contributed by atoms with Crippen molar-refractivity contribution < 1.29 is 23.4 Å². The van der Waals surface area contributed by atoms with Crippen LogP contribution in [0.2, 0.25) is 18.1 Å². The van der Waals surface area contributed by atoms with Crippen LogP contribution in [0.3, 0.4) is 0 Å². The summed E-state index contributed by atoms with van der Waals surface area (Å²) >= 11 is 1.59. The summed E-state index contributed by atoms with van der Waals surface area (Å²) in [4.78, 5) is 4.92. The summed E-state index contributed by atoms with van der Waals surface area (Å²) in [7, 11) is -2.00. The highest BCUT2D eigenvalue weighted by Gasteiger charge is 2.39. The lowest BCUT2D eigenvalue weighted by Crippen LogP contribution is -2.43. The van der Waals surface area contributed by atoms with E-state index in [0.29, 0.717) is 33.0 Å². The van der Waals surface area contributed by atoms with Gasteiger partial charge in [-0.25, -0.2) is 9.67 Å². The molecule has 10 heteroatoms. The number of aromatic nitrogens is 3. The van der Waals surface area contributed by atoms with Crippen LogP contribution < -0.4 is 4.43 Å². The van der Waals surface area contributed by atoms with E-state index in [9.17, 15) is 0 Å². The lowest BCUT2D eigenvalue weighted by molar-refractivity contribution is -0.0365. The number of ether oxygens (including phenoxy) is 4. The van der Waals surface area contributed by atoms with Gasteiger partial charge in [-0.2, -0.15) is 5.10 Å². The van der Waals surface area contributed by atoms with Gasteiger partial charge in [0.05, 0.1) is 38.0 Å². The standard InChI is InChI=1S/C35H49N3O5SSi/c1-26(42-23-27-12-8-7-9-13-27)17-19-39-20-21-40-24-32-36-30(25-44-32)34-29-22-28(43-45(5,6)35(2,3)4)15-16-31(29)38(37-34)33-14-10-11-18-41-33/h7-9,12-13,15-16,22,25-26,33H,10-11,14,17-21,23-24H2,1-6H3/t26-,33?/m1/s1. The smallest absolute Gasteiger partial charge is 0.250 e. The van der Waals surface area contributed by atoms with E-state index >= 15 is 0 Å². The van der Waals surface area contributed by atoms with Gasteiger partial charge in [-0.15, -0.1) is 11.3 Å². The third-order valence-corrected chi connectivity index (χ3v) is 13.9. The minimum Gasteiger partial charge on any atom is -0.543 e. The maximum absolute atomic E-state index is 6.68. The second-order valence-electron chi connectivity index (χ2n) is 13.3. The molecule has 244 valence electrons. The molecule has 0 radical (unpaired) electrons. The van der Waals surface area contributed by atoms with Crippen LogP contribution in [-0.2, 0) is 32.2 Å². The van der Waals surface area contributed by atoms with Gasteiger partial charge in [0.2, 0.25) is 8.32 Å². The summed E-state index contributed by atoms with van der Waals surface area (Å²) < 4.78 is 32.5. The number of benzene rings is 2. The second-order valence-corrected chi connectivity index (χ2v) is 19.0. The zero-order chi connectivity index (χ0) is 31.9. The molecule has 1 aliphatic rings. The van der Waals surface area contributed by atoms with Gasteiger partial charge in [0.1, 0.15) is 22.1 Å². The molecule has 1 unspecified atom stereocenters. The van der Waals surface area contributed by atoms with Gasteiger partial charge >= 0.3 is 0 Å². The number of thiazole rings is 1. The van der Waals surface area contributed by atoms with E-state index < -0.39 is 8.32 Å². The Morgan fingerprint density at radius 1 is 1.02 bits per heavy atom. The van der Waals surface area contributed by atoms with E-state index in [1.165, 1.54) is 5.56 Å². The van der Waals surface area contributed by atoms with Crippen molar-refractivity contribution in [2.45, 2.75) is 97.1 Å². The van der Waals surface area contributed by atoms with Crippen molar-refractivity contribution in [3.8, 4) is 17.1 Å². The maximum Gasteiger partial charge on any atom is 0.250 e. The van der Waals surface area contributed by atoms with Gasteiger partial charge in [0.15, 0.2) is 6.23 Å². The van der Waals surface area contributed by atoms with Gasteiger partial charge in [-0.3, -0.25) is 0 Å². The van der Waals surface area contributed by atoms with Crippen LogP contribution in [0.4, 0.5) is 0 Å². The molecule has 1 fully saturated rings. The highest BCUT2D eigenvalue weighted by Crippen LogP contribution is 2.40. The SMILES string of the molecule is C[C@H](CCOCCOCc1nc(-c2nn(C3CCCCO3)c3ccc(O[Si](C)(C)C(C)(C)C)cc23)cs1)OCc1ccccc1. The molecule has 45 heavy (non-hydrogen) atoms. The highest BCUT2D eigenvalue weighted by molar-refractivity contribution is 7.09. The monoisotopic (exact) mass is 651 g/mol. The van der Waals surface area contributed by atoms with Crippen molar-refractivity contribution in [3.63, 3.8) is 0 Å². The summed E-state index contributed by atoms with van der Waals surface area (Å²) in [5.41, 5.74) is 3.93. The number of rotatable bonds is 15. The topological polar surface area (TPSA) is 76.9 Å². The minimum absolute atomic E-state index is 0.0676. The summed E-state index contributed by atoms with van der Waals surface area (Å²) in [6, 6.07) is 16.6. The Labute approximate surface area is 273 Å². The van der Waals surface area contributed by atoms with Crippen molar-refractivity contribution in [3.05, 3.63) is 64.5 Å². The highest BCUT2D eigenvalue weighted by atomic mass is 32.1. The molecule has 2 aromatic carbocycles. The Morgan fingerprint density at radius 3 is 2.58 bits per heavy atom. The molecule has 0 spiro atoms.